The quantitative estimate of drug-likeness (QED) is 0.517. The van der Waals surface area contributed by atoms with Crippen molar-refractivity contribution >= 4 is 11.6 Å². The van der Waals surface area contributed by atoms with Crippen LogP contribution < -0.4 is 14.9 Å². The molecule has 2 heterocycles. The second-order valence-corrected chi connectivity index (χ2v) is 5.88. The molecule has 2 N–H and O–H groups in total. The van der Waals surface area contributed by atoms with Crippen LogP contribution in [0.1, 0.15) is 23.0 Å². The Labute approximate surface area is 156 Å². The fraction of sp³-hybridized carbons (Fsp3) is 0.211. The van der Waals surface area contributed by atoms with E-state index in [9.17, 15) is 4.79 Å². The molecule has 0 saturated heterocycles. The van der Waals surface area contributed by atoms with Gasteiger partial charge in [0.1, 0.15) is 11.4 Å². The number of carbonyl (C=O) groups is 1. The molecular formula is C19H21N5O3. The number of benzene rings is 1. The Balaban J connectivity index is 1.73. The Hall–Kier alpha value is -3.55. The van der Waals surface area contributed by atoms with E-state index in [2.05, 4.69) is 20.7 Å². The lowest BCUT2D eigenvalue weighted by Crippen LogP contribution is -2.19. The molecule has 0 fully saturated rings. The Morgan fingerprint density at radius 3 is 2.63 bits per heavy atom. The van der Waals surface area contributed by atoms with Crippen LogP contribution in [0.15, 0.2) is 47.7 Å². The Bertz CT molecular complexity index is 987. The van der Waals surface area contributed by atoms with Crippen LogP contribution in [0, 0.1) is 0 Å². The standard InChI is InChI=1S/C19H21N5O3/c1-12(13-7-8-17(26-3)18(10-13)27-4)20-23-19(25)15-11-14(21-22-15)16-6-5-9-24(16)2/h5-11H,1-4H3,(H,21,22)(H,23,25)/b20-12-. The summed E-state index contributed by atoms with van der Waals surface area (Å²) >= 11 is 0. The molecule has 8 nitrogen and oxygen atoms in total. The summed E-state index contributed by atoms with van der Waals surface area (Å²) in [5.74, 6) is 0.850. The number of H-pyrrole nitrogens is 1. The van der Waals surface area contributed by atoms with E-state index < -0.39 is 0 Å². The molecule has 2 aromatic heterocycles. The summed E-state index contributed by atoms with van der Waals surface area (Å²) in [4.78, 5) is 12.3. The molecule has 1 amide bonds. The van der Waals surface area contributed by atoms with E-state index in [0.29, 0.717) is 28.6 Å². The zero-order chi connectivity index (χ0) is 19.4. The largest absolute Gasteiger partial charge is 0.493 e. The molecule has 8 heteroatoms. The number of aryl methyl sites for hydroxylation is 1. The molecule has 0 aliphatic rings. The monoisotopic (exact) mass is 367 g/mol. The van der Waals surface area contributed by atoms with Gasteiger partial charge in [0, 0.05) is 18.8 Å². The predicted octanol–water partition coefficient (Wildman–Crippen LogP) is 2.59. The van der Waals surface area contributed by atoms with Gasteiger partial charge in [-0.25, -0.2) is 5.43 Å². The molecule has 0 aliphatic heterocycles. The molecular weight excluding hydrogens is 346 g/mol. The minimum atomic E-state index is -0.372. The second kappa shape index (κ2) is 7.77. The van der Waals surface area contributed by atoms with Gasteiger partial charge in [-0.3, -0.25) is 9.89 Å². The van der Waals surface area contributed by atoms with Crippen molar-refractivity contribution in [3.8, 4) is 22.9 Å². The number of carbonyl (C=O) groups excluding carboxylic acids is 1. The zero-order valence-corrected chi connectivity index (χ0v) is 15.6. The van der Waals surface area contributed by atoms with Crippen molar-refractivity contribution in [1.82, 2.24) is 20.2 Å². The number of rotatable bonds is 6. The number of hydrogen-bond acceptors (Lipinski definition) is 5. The maximum Gasteiger partial charge on any atom is 0.289 e. The Morgan fingerprint density at radius 2 is 1.96 bits per heavy atom. The summed E-state index contributed by atoms with van der Waals surface area (Å²) in [6, 6.07) is 11.0. The van der Waals surface area contributed by atoms with Crippen LogP contribution >= 0.6 is 0 Å². The van der Waals surface area contributed by atoms with Crippen molar-refractivity contribution < 1.29 is 14.3 Å². The van der Waals surface area contributed by atoms with Crippen molar-refractivity contribution in [2.75, 3.05) is 14.2 Å². The first-order chi connectivity index (χ1) is 13.0. The highest BCUT2D eigenvalue weighted by atomic mass is 16.5. The third-order valence-electron chi connectivity index (χ3n) is 4.16. The van der Waals surface area contributed by atoms with E-state index in [-0.39, 0.29) is 5.91 Å². The van der Waals surface area contributed by atoms with Gasteiger partial charge in [-0.15, -0.1) is 0 Å². The number of hydrogen-bond donors (Lipinski definition) is 2. The maximum atomic E-state index is 12.3. The van der Waals surface area contributed by atoms with Crippen LogP contribution in [0.4, 0.5) is 0 Å². The van der Waals surface area contributed by atoms with Gasteiger partial charge in [-0.05, 0) is 43.3 Å². The highest BCUT2D eigenvalue weighted by Crippen LogP contribution is 2.27. The van der Waals surface area contributed by atoms with E-state index in [0.717, 1.165) is 11.3 Å². The minimum Gasteiger partial charge on any atom is -0.493 e. The highest BCUT2D eigenvalue weighted by molar-refractivity contribution is 6.01. The van der Waals surface area contributed by atoms with Gasteiger partial charge in [0.2, 0.25) is 0 Å². The normalized spacial score (nSPS) is 11.3. The number of aromatic nitrogens is 3. The molecule has 1 aromatic carbocycles. The molecule has 0 unspecified atom stereocenters. The van der Waals surface area contributed by atoms with Gasteiger partial charge in [-0.1, -0.05) is 0 Å². The summed E-state index contributed by atoms with van der Waals surface area (Å²) in [6.45, 7) is 1.80. The fourth-order valence-corrected chi connectivity index (χ4v) is 2.62. The number of nitrogens with zero attached hydrogens (tertiary/aromatic N) is 3. The highest BCUT2D eigenvalue weighted by Gasteiger charge is 2.12. The van der Waals surface area contributed by atoms with Gasteiger partial charge >= 0.3 is 0 Å². The first-order valence-corrected chi connectivity index (χ1v) is 8.27. The van der Waals surface area contributed by atoms with E-state index in [1.54, 1.807) is 39.3 Å². The number of hydrazone groups is 1. The van der Waals surface area contributed by atoms with E-state index in [1.807, 2.05) is 36.0 Å². The minimum absolute atomic E-state index is 0.329. The van der Waals surface area contributed by atoms with Gasteiger partial charge in [0.25, 0.3) is 5.91 Å². The topological polar surface area (TPSA) is 93.5 Å². The van der Waals surface area contributed by atoms with E-state index >= 15 is 0 Å². The number of ether oxygens (including phenoxy) is 2. The van der Waals surface area contributed by atoms with E-state index in [4.69, 9.17) is 9.47 Å². The van der Waals surface area contributed by atoms with Crippen molar-refractivity contribution in [2.45, 2.75) is 6.92 Å². The van der Waals surface area contributed by atoms with Gasteiger partial charge in [0.15, 0.2) is 11.5 Å². The Morgan fingerprint density at radius 1 is 1.19 bits per heavy atom. The summed E-state index contributed by atoms with van der Waals surface area (Å²) in [5.41, 5.74) is 5.90. The first kappa shape index (κ1) is 18.2. The third kappa shape index (κ3) is 3.84. The number of nitrogens with one attached hydrogen (secondary N) is 2. The molecule has 0 radical (unpaired) electrons. The Kier molecular flexibility index (Phi) is 5.25. The van der Waals surface area contributed by atoms with Crippen LogP contribution in [-0.4, -0.2) is 40.6 Å². The van der Waals surface area contributed by atoms with Crippen LogP contribution in [-0.2, 0) is 7.05 Å². The number of methoxy groups -OCH3 is 2. The lowest BCUT2D eigenvalue weighted by molar-refractivity contribution is 0.0950. The molecule has 3 aromatic rings. The van der Waals surface area contributed by atoms with Crippen LogP contribution in [0.25, 0.3) is 11.4 Å². The second-order valence-electron chi connectivity index (χ2n) is 5.88. The van der Waals surface area contributed by atoms with E-state index in [1.165, 1.54) is 0 Å². The predicted molar refractivity (Wildman–Crippen MR) is 102 cm³/mol. The molecule has 0 bridgehead atoms. The van der Waals surface area contributed by atoms with Crippen molar-refractivity contribution in [1.29, 1.82) is 0 Å². The van der Waals surface area contributed by atoms with Crippen molar-refractivity contribution in [3.63, 3.8) is 0 Å². The lowest BCUT2D eigenvalue weighted by atomic mass is 10.1. The molecule has 0 spiro atoms. The average Bonchev–Trinajstić information content (AvgIpc) is 3.33. The van der Waals surface area contributed by atoms with Crippen molar-refractivity contribution in [3.05, 3.63) is 53.9 Å². The third-order valence-corrected chi connectivity index (χ3v) is 4.16. The number of aromatic amines is 1. The fourth-order valence-electron chi connectivity index (χ4n) is 2.62. The summed E-state index contributed by atoms with van der Waals surface area (Å²) in [6.07, 6.45) is 1.92. The molecule has 0 aliphatic carbocycles. The molecule has 140 valence electrons. The van der Waals surface area contributed by atoms with Gasteiger partial charge in [-0.2, -0.15) is 10.2 Å². The maximum absolute atomic E-state index is 12.3. The van der Waals surface area contributed by atoms with Crippen LogP contribution in [0.5, 0.6) is 11.5 Å². The van der Waals surface area contributed by atoms with Crippen molar-refractivity contribution in [2.24, 2.45) is 12.1 Å². The smallest absolute Gasteiger partial charge is 0.289 e. The molecule has 27 heavy (non-hydrogen) atoms. The average molecular weight is 367 g/mol. The molecule has 0 atom stereocenters. The summed E-state index contributed by atoms with van der Waals surface area (Å²) < 4.78 is 12.4. The van der Waals surface area contributed by atoms with Gasteiger partial charge in [0.05, 0.1) is 25.6 Å². The summed E-state index contributed by atoms with van der Waals surface area (Å²) in [7, 11) is 5.06. The van der Waals surface area contributed by atoms with Crippen LogP contribution in [0.3, 0.4) is 0 Å². The lowest BCUT2D eigenvalue weighted by Gasteiger charge is -2.09. The van der Waals surface area contributed by atoms with Gasteiger partial charge < -0.3 is 14.0 Å². The first-order valence-electron chi connectivity index (χ1n) is 8.27. The molecule has 3 rings (SSSR count). The zero-order valence-electron chi connectivity index (χ0n) is 15.6. The van der Waals surface area contributed by atoms with Crippen LogP contribution in [0.2, 0.25) is 0 Å². The SMILES string of the molecule is COc1ccc(/C(C)=N\NC(=O)c2cc(-c3cccn3C)n[nH]2)cc1OC. The number of amides is 1. The summed E-state index contributed by atoms with van der Waals surface area (Å²) in [5, 5.41) is 11.1. The molecule has 0 saturated carbocycles.